The van der Waals surface area contributed by atoms with Gasteiger partial charge in [-0.3, -0.25) is 4.98 Å². The Morgan fingerprint density at radius 3 is 2.68 bits per heavy atom. The molecule has 0 amide bonds. The summed E-state index contributed by atoms with van der Waals surface area (Å²) in [6, 6.07) is 4.24. The van der Waals surface area contributed by atoms with Gasteiger partial charge in [-0.15, -0.1) is 0 Å². The monoisotopic (exact) mass is 252 g/mol. The Balaban J connectivity index is 2.31. The van der Waals surface area contributed by atoms with E-state index in [1.807, 2.05) is 30.2 Å². The van der Waals surface area contributed by atoms with Crippen molar-refractivity contribution in [2.45, 2.75) is 27.3 Å². The standard InChI is InChI=1S/C15H16N4/c1-4-19-15-14(9-17-19)13(6-11(3)18-15)12-5-10(2)7-16-8-12/h5-9H,4H2,1-3H3. The van der Waals surface area contributed by atoms with Crippen LogP contribution in [0.2, 0.25) is 0 Å². The van der Waals surface area contributed by atoms with Crippen molar-refractivity contribution >= 4 is 11.0 Å². The van der Waals surface area contributed by atoms with Gasteiger partial charge in [0.15, 0.2) is 5.65 Å². The zero-order chi connectivity index (χ0) is 13.4. The van der Waals surface area contributed by atoms with Crippen LogP contribution >= 0.6 is 0 Å². The molecule has 3 heterocycles. The highest BCUT2D eigenvalue weighted by atomic mass is 15.3. The third kappa shape index (κ3) is 1.99. The van der Waals surface area contributed by atoms with Crippen molar-refractivity contribution in [3.63, 3.8) is 0 Å². The second-order valence-corrected chi connectivity index (χ2v) is 4.76. The van der Waals surface area contributed by atoms with Crippen molar-refractivity contribution in [2.75, 3.05) is 0 Å². The van der Waals surface area contributed by atoms with Gasteiger partial charge >= 0.3 is 0 Å². The molecule has 3 aromatic rings. The van der Waals surface area contributed by atoms with E-state index in [9.17, 15) is 0 Å². The minimum absolute atomic E-state index is 0.825. The predicted molar refractivity (Wildman–Crippen MR) is 75.9 cm³/mol. The zero-order valence-electron chi connectivity index (χ0n) is 11.4. The van der Waals surface area contributed by atoms with E-state index in [2.05, 4.69) is 41.0 Å². The van der Waals surface area contributed by atoms with E-state index < -0.39 is 0 Å². The van der Waals surface area contributed by atoms with Crippen LogP contribution in [-0.2, 0) is 6.54 Å². The molecule has 0 aromatic carbocycles. The maximum absolute atomic E-state index is 4.60. The Bertz CT molecular complexity index is 743. The number of hydrogen-bond donors (Lipinski definition) is 0. The molecule has 96 valence electrons. The van der Waals surface area contributed by atoms with E-state index in [4.69, 9.17) is 0 Å². The molecule has 0 radical (unpaired) electrons. The van der Waals surface area contributed by atoms with Crippen LogP contribution in [0.15, 0.2) is 30.7 Å². The van der Waals surface area contributed by atoms with E-state index >= 15 is 0 Å². The Morgan fingerprint density at radius 1 is 1.11 bits per heavy atom. The summed E-state index contributed by atoms with van der Waals surface area (Å²) in [4.78, 5) is 8.87. The first-order valence-electron chi connectivity index (χ1n) is 6.44. The fraction of sp³-hybridized carbons (Fsp3) is 0.267. The number of fused-ring (bicyclic) bond motifs is 1. The van der Waals surface area contributed by atoms with Gasteiger partial charge in [0.2, 0.25) is 0 Å². The average molecular weight is 252 g/mol. The SMILES string of the molecule is CCn1ncc2c(-c3cncc(C)c3)cc(C)nc21. The molecule has 0 fully saturated rings. The van der Waals surface area contributed by atoms with Crippen LogP contribution in [0.5, 0.6) is 0 Å². The van der Waals surface area contributed by atoms with Crippen molar-refractivity contribution in [2.24, 2.45) is 0 Å². The molecule has 4 heteroatoms. The molecule has 0 bridgehead atoms. The number of pyridine rings is 2. The van der Waals surface area contributed by atoms with Crippen LogP contribution in [0.3, 0.4) is 0 Å². The zero-order valence-corrected chi connectivity index (χ0v) is 11.4. The molecule has 3 rings (SSSR count). The molecule has 0 saturated carbocycles. The molecular weight excluding hydrogens is 236 g/mol. The van der Waals surface area contributed by atoms with Crippen LogP contribution < -0.4 is 0 Å². The van der Waals surface area contributed by atoms with Gasteiger partial charge in [-0.05, 0) is 44.0 Å². The highest BCUT2D eigenvalue weighted by Crippen LogP contribution is 2.28. The van der Waals surface area contributed by atoms with E-state index in [0.717, 1.165) is 40.0 Å². The molecule has 0 saturated heterocycles. The lowest BCUT2D eigenvalue weighted by Crippen LogP contribution is -1.98. The van der Waals surface area contributed by atoms with Crippen molar-refractivity contribution in [1.82, 2.24) is 19.7 Å². The summed E-state index contributed by atoms with van der Waals surface area (Å²) in [6.07, 6.45) is 5.65. The highest BCUT2D eigenvalue weighted by Gasteiger charge is 2.11. The topological polar surface area (TPSA) is 43.6 Å². The Morgan fingerprint density at radius 2 is 1.95 bits per heavy atom. The summed E-state index contributed by atoms with van der Waals surface area (Å²) in [6.45, 7) is 6.96. The molecule has 0 N–H and O–H groups in total. The fourth-order valence-electron chi connectivity index (χ4n) is 2.35. The van der Waals surface area contributed by atoms with Crippen LogP contribution in [0.25, 0.3) is 22.2 Å². The lowest BCUT2D eigenvalue weighted by Gasteiger charge is -2.06. The van der Waals surface area contributed by atoms with Crippen molar-refractivity contribution in [1.29, 1.82) is 0 Å². The van der Waals surface area contributed by atoms with E-state index in [1.54, 1.807) is 0 Å². The average Bonchev–Trinajstić information content (AvgIpc) is 2.80. The fourth-order valence-corrected chi connectivity index (χ4v) is 2.35. The number of nitrogens with zero attached hydrogens (tertiary/aromatic N) is 4. The Hall–Kier alpha value is -2.23. The summed E-state index contributed by atoms with van der Waals surface area (Å²) in [5, 5.41) is 5.48. The lowest BCUT2D eigenvalue weighted by molar-refractivity contribution is 0.676. The first kappa shape index (κ1) is 11.8. The third-order valence-electron chi connectivity index (χ3n) is 3.22. The lowest BCUT2D eigenvalue weighted by atomic mass is 10.0. The minimum Gasteiger partial charge on any atom is -0.264 e. The van der Waals surface area contributed by atoms with E-state index in [-0.39, 0.29) is 0 Å². The van der Waals surface area contributed by atoms with Crippen molar-refractivity contribution < 1.29 is 0 Å². The molecule has 19 heavy (non-hydrogen) atoms. The summed E-state index contributed by atoms with van der Waals surface area (Å²) in [7, 11) is 0. The third-order valence-corrected chi connectivity index (χ3v) is 3.22. The normalized spacial score (nSPS) is 11.1. The predicted octanol–water partition coefficient (Wildman–Crippen LogP) is 3.13. The van der Waals surface area contributed by atoms with E-state index in [0.29, 0.717) is 0 Å². The molecule has 0 spiro atoms. The molecule has 3 aromatic heterocycles. The van der Waals surface area contributed by atoms with Gasteiger partial charge in [0, 0.05) is 35.6 Å². The second kappa shape index (κ2) is 4.46. The van der Waals surface area contributed by atoms with Gasteiger partial charge in [0.1, 0.15) is 0 Å². The summed E-state index contributed by atoms with van der Waals surface area (Å²) >= 11 is 0. The molecule has 0 aliphatic carbocycles. The summed E-state index contributed by atoms with van der Waals surface area (Å²) in [5.74, 6) is 0. The molecule has 0 atom stereocenters. The van der Waals surface area contributed by atoms with Crippen molar-refractivity contribution in [3.8, 4) is 11.1 Å². The van der Waals surface area contributed by atoms with Crippen LogP contribution in [0.1, 0.15) is 18.2 Å². The van der Waals surface area contributed by atoms with Gasteiger partial charge in [-0.2, -0.15) is 5.10 Å². The van der Waals surface area contributed by atoms with Gasteiger partial charge in [0.25, 0.3) is 0 Å². The molecule has 0 aliphatic rings. The molecule has 0 unspecified atom stereocenters. The Labute approximate surface area is 112 Å². The van der Waals surface area contributed by atoms with Gasteiger partial charge in [-0.1, -0.05) is 0 Å². The second-order valence-electron chi connectivity index (χ2n) is 4.76. The smallest absolute Gasteiger partial charge is 0.158 e. The number of aromatic nitrogens is 4. The number of rotatable bonds is 2. The molecule has 4 nitrogen and oxygen atoms in total. The van der Waals surface area contributed by atoms with Crippen LogP contribution in [-0.4, -0.2) is 19.7 Å². The van der Waals surface area contributed by atoms with E-state index in [1.165, 1.54) is 0 Å². The first-order chi connectivity index (χ1) is 9.19. The molecule has 0 aliphatic heterocycles. The number of hydrogen-bond acceptors (Lipinski definition) is 3. The minimum atomic E-state index is 0.825. The van der Waals surface area contributed by atoms with Gasteiger partial charge < -0.3 is 0 Å². The summed E-state index contributed by atoms with van der Waals surface area (Å²) < 4.78 is 1.93. The van der Waals surface area contributed by atoms with Gasteiger partial charge in [0.05, 0.1) is 6.20 Å². The van der Waals surface area contributed by atoms with Gasteiger partial charge in [-0.25, -0.2) is 9.67 Å². The first-order valence-corrected chi connectivity index (χ1v) is 6.44. The van der Waals surface area contributed by atoms with Crippen LogP contribution in [0.4, 0.5) is 0 Å². The van der Waals surface area contributed by atoms with Crippen LogP contribution in [0, 0.1) is 13.8 Å². The maximum Gasteiger partial charge on any atom is 0.158 e. The largest absolute Gasteiger partial charge is 0.264 e. The number of aryl methyl sites for hydroxylation is 3. The molecular formula is C15H16N4. The quantitative estimate of drug-likeness (QED) is 0.703. The summed E-state index contributed by atoms with van der Waals surface area (Å²) in [5.41, 5.74) is 5.37. The maximum atomic E-state index is 4.60. The van der Waals surface area contributed by atoms with Crippen molar-refractivity contribution in [3.05, 3.63) is 42.0 Å². The highest BCUT2D eigenvalue weighted by molar-refractivity contribution is 5.92. The Kier molecular flexibility index (Phi) is 2.78.